The number of amides is 1. The van der Waals surface area contributed by atoms with Crippen molar-refractivity contribution < 1.29 is 13.6 Å². The van der Waals surface area contributed by atoms with Crippen molar-refractivity contribution in [1.82, 2.24) is 4.98 Å². The molecule has 26 heavy (non-hydrogen) atoms. The second kappa shape index (κ2) is 7.83. The molecule has 3 rings (SSSR count). The number of nitriles is 1. The Morgan fingerprint density at radius 1 is 1.27 bits per heavy atom. The molecule has 4 nitrogen and oxygen atoms in total. The summed E-state index contributed by atoms with van der Waals surface area (Å²) in [5.41, 5.74) is 2.74. The number of nitrogens with zero attached hydrogens (tertiary/aromatic N) is 2. The molecule has 0 fully saturated rings. The molecule has 1 aromatic carbocycles. The van der Waals surface area contributed by atoms with E-state index in [1.807, 2.05) is 6.07 Å². The summed E-state index contributed by atoms with van der Waals surface area (Å²) in [6, 6.07) is 7.20. The maximum Gasteiger partial charge on any atom is 0.237 e. The molecule has 1 N–H and O–H groups in total. The average Bonchev–Trinajstić information content (AvgIpc) is 2.64. The fraction of sp³-hybridized carbons (Fsp3) is 0.316. The Morgan fingerprint density at radius 3 is 2.77 bits per heavy atom. The summed E-state index contributed by atoms with van der Waals surface area (Å²) in [5, 5.41) is 11.9. The normalized spacial score (nSPS) is 14.2. The number of nitrogens with one attached hydrogen (secondary N) is 1. The van der Waals surface area contributed by atoms with Crippen LogP contribution in [0.25, 0.3) is 0 Å². The van der Waals surface area contributed by atoms with Gasteiger partial charge in [-0.3, -0.25) is 4.79 Å². The number of carbonyl (C=O) groups is 1. The van der Waals surface area contributed by atoms with Crippen molar-refractivity contribution in [2.45, 2.75) is 42.9 Å². The van der Waals surface area contributed by atoms with E-state index in [9.17, 15) is 18.8 Å². The summed E-state index contributed by atoms with van der Waals surface area (Å²) in [4.78, 5) is 16.9. The number of aromatic nitrogens is 1. The molecule has 0 spiro atoms. The molecule has 1 atom stereocenters. The van der Waals surface area contributed by atoms with Gasteiger partial charge in [-0.25, -0.2) is 13.8 Å². The maximum absolute atomic E-state index is 13.3. The zero-order valence-electron chi connectivity index (χ0n) is 14.2. The van der Waals surface area contributed by atoms with E-state index in [0.717, 1.165) is 49.1 Å². The number of thioether (sulfide) groups is 1. The minimum atomic E-state index is -1.02. The Labute approximate surface area is 154 Å². The molecule has 0 aliphatic heterocycles. The van der Waals surface area contributed by atoms with Crippen molar-refractivity contribution in [3.05, 3.63) is 52.7 Å². The molecule has 1 unspecified atom stereocenters. The van der Waals surface area contributed by atoms with E-state index in [1.54, 1.807) is 6.92 Å². The molecule has 0 radical (unpaired) electrons. The number of pyridine rings is 1. The Balaban J connectivity index is 1.74. The highest BCUT2D eigenvalue weighted by atomic mass is 32.2. The lowest BCUT2D eigenvalue weighted by atomic mass is 9.95. The predicted molar refractivity (Wildman–Crippen MR) is 95.9 cm³/mol. The van der Waals surface area contributed by atoms with E-state index in [2.05, 4.69) is 16.4 Å². The summed E-state index contributed by atoms with van der Waals surface area (Å²) in [5.74, 6) is -2.36. The lowest BCUT2D eigenvalue weighted by molar-refractivity contribution is -0.115. The maximum atomic E-state index is 13.3. The van der Waals surface area contributed by atoms with E-state index in [0.29, 0.717) is 10.6 Å². The van der Waals surface area contributed by atoms with E-state index in [1.165, 1.54) is 17.8 Å². The Morgan fingerprint density at radius 2 is 2.04 bits per heavy atom. The van der Waals surface area contributed by atoms with Gasteiger partial charge in [0, 0.05) is 17.4 Å². The first-order valence-corrected chi connectivity index (χ1v) is 9.21. The average molecular weight is 373 g/mol. The minimum absolute atomic E-state index is 0.181. The molecular weight excluding hydrogens is 356 g/mol. The Bertz CT molecular complexity index is 895. The van der Waals surface area contributed by atoms with Crippen LogP contribution < -0.4 is 5.32 Å². The number of rotatable bonds is 4. The molecule has 1 aliphatic carbocycles. The van der Waals surface area contributed by atoms with Crippen LogP contribution in [0.4, 0.5) is 14.5 Å². The van der Waals surface area contributed by atoms with Crippen molar-refractivity contribution in [2.75, 3.05) is 5.32 Å². The molecule has 0 saturated carbocycles. The monoisotopic (exact) mass is 373 g/mol. The number of anilines is 1. The number of aryl methyl sites for hydroxylation is 2. The van der Waals surface area contributed by atoms with Gasteiger partial charge in [-0.05, 0) is 56.4 Å². The van der Waals surface area contributed by atoms with E-state index < -0.39 is 16.9 Å². The summed E-state index contributed by atoms with van der Waals surface area (Å²) < 4.78 is 26.2. The summed E-state index contributed by atoms with van der Waals surface area (Å²) in [7, 11) is 0. The van der Waals surface area contributed by atoms with Crippen LogP contribution in [0.15, 0.2) is 29.3 Å². The van der Waals surface area contributed by atoms with Crippen LogP contribution in [0.5, 0.6) is 0 Å². The van der Waals surface area contributed by atoms with Gasteiger partial charge in [0.2, 0.25) is 5.91 Å². The number of hydrogen-bond acceptors (Lipinski definition) is 4. The van der Waals surface area contributed by atoms with Crippen LogP contribution >= 0.6 is 11.8 Å². The lowest BCUT2D eigenvalue weighted by Gasteiger charge is -2.18. The third-order valence-electron chi connectivity index (χ3n) is 4.23. The lowest BCUT2D eigenvalue weighted by Crippen LogP contribution is -2.23. The first-order chi connectivity index (χ1) is 12.5. The van der Waals surface area contributed by atoms with E-state index >= 15 is 0 Å². The van der Waals surface area contributed by atoms with E-state index in [-0.39, 0.29) is 11.6 Å². The first-order valence-electron chi connectivity index (χ1n) is 8.33. The van der Waals surface area contributed by atoms with Crippen LogP contribution in [0.3, 0.4) is 0 Å². The van der Waals surface area contributed by atoms with Crippen LogP contribution in [-0.4, -0.2) is 16.1 Å². The standard InChI is InChI=1S/C19H17F2N3OS/c1-11(18(25)23-14-6-7-15(20)16(21)9-14)26-19-13(10-22)8-12-4-2-3-5-17(12)24-19/h6-9,11H,2-5H2,1H3,(H,23,25). The van der Waals surface area contributed by atoms with Crippen molar-refractivity contribution in [2.24, 2.45) is 0 Å². The van der Waals surface area contributed by atoms with Gasteiger partial charge in [0.15, 0.2) is 11.6 Å². The Kier molecular flexibility index (Phi) is 5.52. The molecule has 1 amide bonds. The fourth-order valence-corrected chi connectivity index (χ4v) is 3.72. The smallest absolute Gasteiger partial charge is 0.237 e. The number of halogens is 2. The predicted octanol–water partition coefficient (Wildman–Crippen LogP) is 4.23. The highest BCUT2D eigenvalue weighted by molar-refractivity contribution is 8.00. The molecule has 2 aromatic rings. The Hall–Kier alpha value is -2.46. The number of benzene rings is 1. The fourth-order valence-electron chi connectivity index (χ4n) is 2.82. The van der Waals surface area contributed by atoms with Crippen LogP contribution in [0.2, 0.25) is 0 Å². The zero-order chi connectivity index (χ0) is 18.7. The third kappa shape index (κ3) is 4.02. The molecule has 1 heterocycles. The van der Waals surface area contributed by atoms with Gasteiger partial charge < -0.3 is 5.32 Å². The van der Waals surface area contributed by atoms with Gasteiger partial charge in [-0.15, -0.1) is 0 Å². The van der Waals surface area contributed by atoms with Crippen molar-refractivity contribution in [3.8, 4) is 6.07 Å². The highest BCUT2D eigenvalue weighted by Crippen LogP contribution is 2.30. The van der Waals surface area contributed by atoms with Crippen LogP contribution in [-0.2, 0) is 17.6 Å². The summed E-state index contributed by atoms with van der Waals surface area (Å²) in [6.07, 6.45) is 3.97. The van der Waals surface area contributed by atoms with Crippen molar-refractivity contribution in [3.63, 3.8) is 0 Å². The molecule has 1 aliphatic rings. The van der Waals surface area contributed by atoms with Crippen LogP contribution in [0.1, 0.15) is 36.6 Å². The minimum Gasteiger partial charge on any atom is -0.325 e. The largest absolute Gasteiger partial charge is 0.325 e. The molecule has 7 heteroatoms. The second-order valence-electron chi connectivity index (χ2n) is 6.14. The van der Waals surface area contributed by atoms with Gasteiger partial charge >= 0.3 is 0 Å². The molecule has 0 saturated heterocycles. The molecular formula is C19H17F2N3OS. The number of carbonyl (C=O) groups excluding carboxylic acids is 1. The topological polar surface area (TPSA) is 65.8 Å². The summed E-state index contributed by atoms with van der Waals surface area (Å²) in [6.45, 7) is 1.68. The quantitative estimate of drug-likeness (QED) is 0.815. The van der Waals surface area contributed by atoms with Gasteiger partial charge in [0.05, 0.1) is 10.8 Å². The molecule has 0 bridgehead atoms. The van der Waals surface area contributed by atoms with E-state index in [4.69, 9.17) is 0 Å². The second-order valence-corrected chi connectivity index (χ2v) is 7.47. The van der Waals surface area contributed by atoms with Gasteiger partial charge in [0.25, 0.3) is 0 Å². The summed E-state index contributed by atoms with van der Waals surface area (Å²) >= 11 is 1.19. The van der Waals surface area contributed by atoms with Crippen LogP contribution in [0, 0.1) is 23.0 Å². The number of fused-ring (bicyclic) bond motifs is 1. The SMILES string of the molecule is CC(Sc1nc2c(cc1C#N)CCCC2)C(=O)Nc1ccc(F)c(F)c1. The first kappa shape index (κ1) is 18.3. The van der Waals surface area contributed by atoms with Crippen molar-refractivity contribution >= 4 is 23.4 Å². The molecule has 1 aromatic heterocycles. The molecule has 134 valence electrons. The zero-order valence-corrected chi connectivity index (χ0v) is 15.0. The van der Waals surface area contributed by atoms with Gasteiger partial charge in [-0.2, -0.15) is 5.26 Å². The van der Waals surface area contributed by atoms with Crippen molar-refractivity contribution in [1.29, 1.82) is 5.26 Å². The highest BCUT2D eigenvalue weighted by Gasteiger charge is 2.21. The number of hydrogen-bond donors (Lipinski definition) is 1. The third-order valence-corrected chi connectivity index (χ3v) is 5.33. The van der Waals surface area contributed by atoms with Gasteiger partial charge in [-0.1, -0.05) is 11.8 Å². The van der Waals surface area contributed by atoms with Gasteiger partial charge in [0.1, 0.15) is 11.1 Å².